The molecule has 30 heavy (non-hydrogen) atoms. The van der Waals surface area contributed by atoms with Crippen molar-refractivity contribution in [2.24, 2.45) is 0 Å². The van der Waals surface area contributed by atoms with Gasteiger partial charge in [-0.2, -0.15) is 0 Å². The number of methoxy groups -OCH3 is 1. The molecule has 2 aromatic rings. The van der Waals surface area contributed by atoms with Gasteiger partial charge >= 0.3 is 0 Å². The number of ether oxygens (including phenoxy) is 1. The molecule has 0 aliphatic carbocycles. The third kappa shape index (κ3) is 7.43. The lowest BCUT2D eigenvalue weighted by Crippen LogP contribution is -2.48. The van der Waals surface area contributed by atoms with E-state index in [1.807, 2.05) is 38.3 Å². The highest BCUT2D eigenvalue weighted by molar-refractivity contribution is 7.89. The second-order valence-electron chi connectivity index (χ2n) is 7.63. The first-order chi connectivity index (χ1) is 14.0. The van der Waals surface area contributed by atoms with Gasteiger partial charge in [0.05, 0.1) is 31.6 Å². The van der Waals surface area contributed by atoms with Crippen molar-refractivity contribution in [1.82, 2.24) is 14.9 Å². The van der Waals surface area contributed by atoms with E-state index in [0.717, 1.165) is 4.88 Å². The first kappa shape index (κ1) is 23.8. The van der Waals surface area contributed by atoms with Crippen LogP contribution in [0, 0.1) is 0 Å². The molecule has 0 unspecified atom stereocenters. The fourth-order valence-corrected chi connectivity index (χ4v) is 4.25. The lowest BCUT2D eigenvalue weighted by atomic mass is 10.1. The normalized spacial score (nSPS) is 11.7. The molecule has 0 radical (unpaired) electrons. The lowest BCUT2D eigenvalue weighted by Gasteiger charge is -2.25. The zero-order valence-corrected chi connectivity index (χ0v) is 19.1. The van der Waals surface area contributed by atoms with E-state index >= 15 is 0 Å². The van der Waals surface area contributed by atoms with Crippen molar-refractivity contribution >= 4 is 33.2 Å². The molecule has 1 aromatic heterocycles. The number of nitrogens with zero attached hydrogens (tertiary/aromatic N) is 1. The van der Waals surface area contributed by atoms with Crippen molar-refractivity contribution in [2.45, 2.75) is 37.8 Å². The van der Waals surface area contributed by atoms with Gasteiger partial charge in [-0.05, 0) is 56.5 Å². The maximum atomic E-state index is 12.8. The molecule has 2 rings (SSSR count). The van der Waals surface area contributed by atoms with Gasteiger partial charge in [-0.15, -0.1) is 11.3 Å². The van der Waals surface area contributed by atoms with Crippen LogP contribution in [0.3, 0.4) is 0 Å². The van der Waals surface area contributed by atoms with Crippen molar-refractivity contribution < 1.29 is 22.7 Å². The first-order valence-electron chi connectivity index (χ1n) is 9.25. The van der Waals surface area contributed by atoms with E-state index in [4.69, 9.17) is 4.74 Å². The Labute approximate surface area is 181 Å². The zero-order chi connectivity index (χ0) is 22.4. The predicted octanol–water partition coefficient (Wildman–Crippen LogP) is 1.98. The number of carbonyl (C=O) groups excluding carboxylic acids is 2. The van der Waals surface area contributed by atoms with Crippen LogP contribution in [-0.2, 0) is 26.2 Å². The fraction of sp³-hybridized carbons (Fsp3) is 0.400. The standard InChI is InChI=1S/C20H27N3O5S2/c1-20(2,3)22-18(24)14-23(13-16-6-5-11-29-16)19(25)12-21-30(26,27)17-9-7-15(28-4)8-10-17/h5-11,21H,12-14H2,1-4H3,(H,22,24). The van der Waals surface area contributed by atoms with Crippen molar-refractivity contribution in [1.29, 1.82) is 0 Å². The molecule has 0 spiro atoms. The van der Waals surface area contributed by atoms with Crippen LogP contribution in [0.2, 0.25) is 0 Å². The third-order valence-corrected chi connectivity index (χ3v) is 6.19. The van der Waals surface area contributed by atoms with E-state index < -0.39 is 28.0 Å². The number of amides is 2. The lowest BCUT2D eigenvalue weighted by molar-refractivity contribution is -0.136. The van der Waals surface area contributed by atoms with Crippen LogP contribution in [-0.4, -0.2) is 50.9 Å². The molecule has 2 N–H and O–H groups in total. The van der Waals surface area contributed by atoms with Crippen LogP contribution >= 0.6 is 11.3 Å². The Morgan fingerprint density at radius 1 is 1.13 bits per heavy atom. The van der Waals surface area contributed by atoms with Gasteiger partial charge < -0.3 is 15.0 Å². The molecule has 0 saturated carbocycles. The molecule has 0 atom stereocenters. The van der Waals surface area contributed by atoms with Crippen LogP contribution in [0.4, 0.5) is 0 Å². The van der Waals surface area contributed by atoms with Crippen LogP contribution < -0.4 is 14.8 Å². The Hall–Kier alpha value is -2.43. The molecular weight excluding hydrogens is 426 g/mol. The third-order valence-electron chi connectivity index (χ3n) is 3.91. The maximum absolute atomic E-state index is 12.8. The van der Waals surface area contributed by atoms with Gasteiger partial charge in [-0.25, -0.2) is 13.1 Å². The van der Waals surface area contributed by atoms with E-state index in [9.17, 15) is 18.0 Å². The van der Waals surface area contributed by atoms with Crippen molar-refractivity contribution in [3.8, 4) is 5.75 Å². The summed E-state index contributed by atoms with van der Waals surface area (Å²) in [7, 11) is -2.40. The average molecular weight is 454 g/mol. The second-order valence-corrected chi connectivity index (χ2v) is 10.4. The topological polar surface area (TPSA) is 105 Å². The Balaban J connectivity index is 2.07. The summed E-state index contributed by atoms with van der Waals surface area (Å²) >= 11 is 1.46. The van der Waals surface area contributed by atoms with E-state index in [2.05, 4.69) is 10.0 Å². The Kier molecular flexibility index (Phi) is 7.99. The van der Waals surface area contributed by atoms with E-state index in [1.54, 1.807) is 0 Å². The quantitative estimate of drug-likeness (QED) is 0.604. The van der Waals surface area contributed by atoms with Gasteiger partial charge in [-0.3, -0.25) is 9.59 Å². The van der Waals surface area contributed by atoms with E-state index in [1.165, 1.54) is 47.6 Å². The van der Waals surface area contributed by atoms with Gasteiger partial charge in [0, 0.05) is 10.4 Å². The molecule has 164 valence electrons. The molecule has 8 nitrogen and oxygen atoms in total. The number of carbonyl (C=O) groups is 2. The Bertz CT molecular complexity index is 949. The predicted molar refractivity (Wildman–Crippen MR) is 116 cm³/mol. The number of hydrogen-bond acceptors (Lipinski definition) is 6. The molecule has 0 aliphatic rings. The highest BCUT2D eigenvalue weighted by Crippen LogP contribution is 2.16. The Morgan fingerprint density at radius 3 is 2.33 bits per heavy atom. The smallest absolute Gasteiger partial charge is 0.241 e. The number of rotatable bonds is 9. The minimum Gasteiger partial charge on any atom is -0.497 e. The molecule has 0 saturated heterocycles. The Morgan fingerprint density at radius 2 is 1.80 bits per heavy atom. The molecule has 0 aliphatic heterocycles. The van der Waals surface area contributed by atoms with Crippen molar-refractivity contribution in [2.75, 3.05) is 20.2 Å². The highest BCUT2D eigenvalue weighted by atomic mass is 32.2. The number of hydrogen-bond donors (Lipinski definition) is 2. The molecule has 10 heteroatoms. The van der Waals surface area contributed by atoms with Gasteiger partial charge in [0.25, 0.3) is 0 Å². The van der Waals surface area contributed by atoms with Gasteiger partial charge in [0.2, 0.25) is 21.8 Å². The minimum atomic E-state index is -3.88. The fourth-order valence-electron chi connectivity index (χ4n) is 2.56. The molecule has 1 aromatic carbocycles. The highest BCUT2D eigenvalue weighted by Gasteiger charge is 2.23. The molecule has 2 amide bonds. The van der Waals surface area contributed by atoms with Crippen molar-refractivity contribution in [3.05, 3.63) is 46.7 Å². The number of thiophene rings is 1. The molecule has 0 fully saturated rings. The van der Waals surface area contributed by atoms with Crippen molar-refractivity contribution in [3.63, 3.8) is 0 Å². The van der Waals surface area contributed by atoms with Crippen LogP contribution in [0.5, 0.6) is 5.75 Å². The first-order valence-corrected chi connectivity index (χ1v) is 11.6. The van der Waals surface area contributed by atoms with Crippen LogP contribution in [0.1, 0.15) is 25.6 Å². The maximum Gasteiger partial charge on any atom is 0.241 e. The molecular formula is C20H27N3O5S2. The second kappa shape index (κ2) is 10.1. The molecule has 1 heterocycles. The largest absolute Gasteiger partial charge is 0.497 e. The van der Waals surface area contributed by atoms with Gasteiger partial charge in [-0.1, -0.05) is 6.07 Å². The summed E-state index contributed by atoms with van der Waals surface area (Å²) in [5, 5.41) is 4.69. The summed E-state index contributed by atoms with van der Waals surface area (Å²) in [4.78, 5) is 27.3. The summed E-state index contributed by atoms with van der Waals surface area (Å²) in [5.74, 6) is -0.285. The van der Waals surface area contributed by atoms with E-state index in [0.29, 0.717) is 5.75 Å². The number of benzene rings is 1. The van der Waals surface area contributed by atoms with Crippen LogP contribution in [0.25, 0.3) is 0 Å². The monoisotopic (exact) mass is 453 g/mol. The number of nitrogens with one attached hydrogen (secondary N) is 2. The van der Waals surface area contributed by atoms with Crippen LogP contribution in [0.15, 0.2) is 46.7 Å². The zero-order valence-electron chi connectivity index (χ0n) is 17.5. The van der Waals surface area contributed by atoms with Gasteiger partial charge in [0.15, 0.2) is 0 Å². The molecule has 0 bridgehead atoms. The summed E-state index contributed by atoms with van der Waals surface area (Å²) in [6.45, 7) is 5.14. The SMILES string of the molecule is COc1ccc(S(=O)(=O)NCC(=O)N(CC(=O)NC(C)(C)C)Cc2cccs2)cc1. The summed E-state index contributed by atoms with van der Waals surface area (Å²) in [5.41, 5.74) is -0.440. The summed E-state index contributed by atoms with van der Waals surface area (Å²) in [6, 6.07) is 9.54. The minimum absolute atomic E-state index is 0.0198. The summed E-state index contributed by atoms with van der Waals surface area (Å²) in [6.07, 6.45) is 0. The van der Waals surface area contributed by atoms with E-state index in [-0.39, 0.29) is 23.9 Å². The summed E-state index contributed by atoms with van der Waals surface area (Å²) < 4.78 is 32.3. The van der Waals surface area contributed by atoms with Gasteiger partial charge in [0.1, 0.15) is 5.75 Å². The number of sulfonamides is 1. The average Bonchev–Trinajstić information content (AvgIpc) is 3.17.